The van der Waals surface area contributed by atoms with Crippen molar-refractivity contribution in [2.75, 3.05) is 6.26 Å². The van der Waals surface area contributed by atoms with Gasteiger partial charge in [-0.2, -0.15) is 23.7 Å². The van der Waals surface area contributed by atoms with Crippen molar-refractivity contribution in [2.24, 2.45) is 4.36 Å². The zero-order chi connectivity index (χ0) is 20.7. The molecule has 0 N–H and O–H groups in total. The maximum atomic E-state index is 15.5. The van der Waals surface area contributed by atoms with E-state index in [1.54, 1.807) is 6.07 Å². The number of hydrogen-bond acceptors (Lipinski definition) is 7. The van der Waals surface area contributed by atoms with Gasteiger partial charge < -0.3 is 4.74 Å². The maximum absolute atomic E-state index is 15.5. The number of carbonyl (C=O) groups is 1. The van der Waals surface area contributed by atoms with Crippen molar-refractivity contribution in [3.05, 3.63) is 53.3 Å². The van der Waals surface area contributed by atoms with Crippen molar-refractivity contribution in [3.8, 4) is 18.0 Å². The Balaban J connectivity index is 2.26. The summed E-state index contributed by atoms with van der Waals surface area (Å²) in [6, 6.07) is 5.72. The molecule has 0 saturated carbocycles. The van der Waals surface area contributed by atoms with Gasteiger partial charge in [0.15, 0.2) is 0 Å². The number of nitrogens with zero attached hydrogens (tertiary/aromatic N) is 4. The van der Waals surface area contributed by atoms with Crippen LogP contribution in [0.3, 0.4) is 0 Å². The predicted octanol–water partition coefficient (Wildman–Crippen LogP) is 2.92. The first-order valence-corrected chi connectivity index (χ1v) is 9.40. The van der Waals surface area contributed by atoms with E-state index in [2.05, 4.69) is 9.35 Å². The molecule has 1 heterocycles. The fourth-order valence-corrected chi connectivity index (χ4v) is 3.93. The summed E-state index contributed by atoms with van der Waals surface area (Å²) in [6.07, 6.45) is 4.27. The third kappa shape index (κ3) is 2.68. The molecule has 0 radical (unpaired) electrons. The minimum Gasteiger partial charge on any atom is -0.447 e. The molecule has 3 rings (SSSR count). The number of benzene rings is 1. The molecule has 1 aromatic carbocycles. The molecule has 11 heteroatoms. The van der Waals surface area contributed by atoms with Gasteiger partial charge in [-0.3, -0.25) is 9.78 Å². The Labute approximate surface area is 157 Å². The Morgan fingerprint density at radius 2 is 1.96 bits per heavy atom. The highest BCUT2D eigenvalue weighted by atomic mass is 32.2. The Bertz CT molecular complexity index is 1210. The van der Waals surface area contributed by atoms with Crippen LogP contribution in [0, 0.1) is 22.8 Å². The number of alkyl halides is 3. The molecule has 0 spiro atoms. The van der Waals surface area contributed by atoms with E-state index in [-0.39, 0.29) is 5.56 Å². The second-order valence-corrected chi connectivity index (χ2v) is 8.02. The second-order valence-electron chi connectivity index (χ2n) is 5.79. The molecule has 7 nitrogen and oxygen atoms in total. The third-order valence-corrected chi connectivity index (χ3v) is 5.60. The molecule has 1 aliphatic rings. The lowest BCUT2D eigenvalue weighted by atomic mass is 10.1. The monoisotopic (exact) mass is 406 g/mol. The predicted molar refractivity (Wildman–Crippen MR) is 88.5 cm³/mol. The van der Waals surface area contributed by atoms with Crippen molar-refractivity contribution >= 4 is 15.5 Å². The average Bonchev–Trinajstić information content (AvgIpc) is 2.80. The first-order chi connectivity index (χ1) is 13.1. The van der Waals surface area contributed by atoms with E-state index in [1.165, 1.54) is 6.19 Å². The molecule has 28 heavy (non-hydrogen) atoms. The van der Waals surface area contributed by atoms with Gasteiger partial charge in [0.05, 0.1) is 31.9 Å². The van der Waals surface area contributed by atoms with Crippen LogP contribution in [-0.2, 0) is 15.6 Å². The molecule has 2 aromatic rings. The lowest BCUT2D eigenvalue weighted by Crippen LogP contribution is -2.46. The molecule has 1 unspecified atom stereocenters. The smallest absolute Gasteiger partial charge is 0.382 e. The highest BCUT2D eigenvalue weighted by Gasteiger charge is 2.71. The number of aromatic nitrogens is 1. The Hall–Kier alpha value is -3.44. The second kappa shape index (κ2) is 6.32. The SMILES string of the molecule is CS(=O)(=NC#N)c1cccc2c1C(=O)C(F)(F)[C@@]2(F)Oc1cncc(C#N)c1. The van der Waals surface area contributed by atoms with E-state index in [0.29, 0.717) is 0 Å². The standard InChI is InChI=1S/C17H9F3N4O3S/c1-28(26,24-9-22)13-4-2-3-12-14(13)15(25)16(18,19)17(12,20)27-11-5-10(6-21)7-23-8-11/h2-5,7-8H,1H3/t17-,28?/m0/s1. The first kappa shape index (κ1) is 19.3. The molecular formula is C17H9F3N4O3S. The molecule has 0 aliphatic heterocycles. The molecule has 142 valence electrons. The summed E-state index contributed by atoms with van der Waals surface area (Å²) in [4.78, 5) is 15.4. The van der Waals surface area contributed by atoms with E-state index in [9.17, 15) is 17.8 Å². The summed E-state index contributed by atoms with van der Waals surface area (Å²) in [5.41, 5.74) is -1.79. The number of nitriles is 2. The lowest BCUT2D eigenvalue weighted by molar-refractivity contribution is -0.209. The average molecular weight is 406 g/mol. The van der Waals surface area contributed by atoms with Crippen LogP contribution in [0.1, 0.15) is 21.5 Å². The van der Waals surface area contributed by atoms with Crippen LogP contribution >= 0.6 is 0 Å². The van der Waals surface area contributed by atoms with Gasteiger partial charge >= 0.3 is 11.8 Å². The van der Waals surface area contributed by atoms with Crippen LogP contribution in [0.4, 0.5) is 13.2 Å². The van der Waals surface area contributed by atoms with Gasteiger partial charge in [0, 0.05) is 24.1 Å². The number of halogens is 3. The van der Waals surface area contributed by atoms with E-state index in [1.807, 2.05) is 0 Å². The molecule has 0 saturated heterocycles. The fraction of sp³-hybridized carbons (Fsp3) is 0.176. The third-order valence-electron chi connectivity index (χ3n) is 4.01. The molecule has 1 aliphatic carbocycles. The summed E-state index contributed by atoms with van der Waals surface area (Å²) in [6.45, 7) is 0. The molecule has 1 aromatic heterocycles. The minimum atomic E-state index is -4.67. The Kier molecular flexibility index (Phi) is 4.36. The van der Waals surface area contributed by atoms with E-state index in [4.69, 9.17) is 15.3 Å². The normalized spacial score (nSPS) is 21.7. The number of rotatable bonds is 3. The number of pyridine rings is 1. The Morgan fingerprint density at radius 1 is 1.25 bits per heavy atom. The van der Waals surface area contributed by atoms with E-state index < -0.39 is 49.1 Å². The molecule has 0 amide bonds. The number of fused-ring (bicyclic) bond motifs is 1. The van der Waals surface area contributed by atoms with Crippen LogP contribution in [0.25, 0.3) is 0 Å². The summed E-state index contributed by atoms with van der Waals surface area (Å²) in [7, 11) is -3.57. The molecule has 2 atom stereocenters. The Morgan fingerprint density at radius 3 is 2.61 bits per heavy atom. The zero-order valence-corrected chi connectivity index (χ0v) is 14.8. The lowest BCUT2D eigenvalue weighted by Gasteiger charge is -2.27. The fourth-order valence-electron chi connectivity index (χ4n) is 2.77. The van der Waals surface area contributed by atoms with Crippen LogP contribution in [0.2, 0.25) is 0 Å². The van der Waals surface area contributed by atoms with Crippen LogP contribution < -0.4 is 4.74 Å². The van der Waals surface area contributed by atoms with Gasteiger partial charge in [-0.15, -0.1) is 4.36 Å². The van der Waals surface area contributed by atoms with E-state index >= 15 is 4.39 Å². The van der Waals surface area contributed by atoms with Crippen molar-refractivity contribution < 1.29 is 26.9 Å². The van der Waals surface area contributed by atoms with Crippen LogP contribution in [0.5, 0.6) is 5.75 Å². The van der Waals surface area contributed by atoms with Gasteiger partial charge in [0.25, 0.3) is 0 Å². The number of ketones is 1. The maximum Gasteiger partial charge on any atom is 0.382 e. The zero-order valence-electron chi connectivity index (χ0n) is 14.0. The van der Waals surface area contributed by atoms with Crippen molar-refractivity contribution in [3.63, 3.8) is 0 Å². The number of carbonyl (C=O) groups excluding carboxylic acids is 1. The van der Waals surface area contributed by atoms with Gasteiger partial charge in [-0.1, -0.05) is 12.1 Å². The molecule has 0 bridgehead atoms. The minimum absolute atomic E-state index is 0.0767. The summed E-state index contributed by atoms with van der Waals surface area (Å²) >= 11 is 0. The summed E-state index contributed by atoms with van der Waals surface area (Å²) in [5, 5.41) is 17.5. The number of hydrogen-bond donors (Lipinski definition) is 0. The highest BCUT2D eigenvalue weighted by Crippen LogP contribution is 2.52. The van der Waals surface area contributed by atoms with Crippen LogP contribution in [-0.4, -0.2) is 27.2 Å². The van der Waals surface area contributed by atoms with Crippen molar-refractivity contribution in [2.45, 2.75) is 16.7 Å². The highest BCUT2D eigenvalue weighted by molar-refractivity contribution is 7.93. The van der Waals surface area contributed by atoms with Crippen molar-refractivity contribution in [1.82, 2.24) is 4.98 Å². The van der Waals surface area contributed by atoms with Crippen molar-refractivity contribution in [1.29, 1.82) is 10.5 Å². The first-order valence-electron chi connectivity index (χ1n) is 7.48. The largest absolute Gasteiger partial charge is 0.447 e. The summed E-state index contributed by atoms with van der Waals surface area (Å²) in [5.74, 6) is -11.1. The number of ether oxygens (including phenoxy) is 1. The van der Waals surface area contributed by atoms with Crippen LogP contribution in [0.15, 0.2) is 45.9 Å². The number of Topliss-reactive ketones (excluding diaryl/α,β-unsaturated/α-hetero) is 1. The molecular weight excluding hydrogens is 397 g/mol. The molecule has 0 fully saturated rings. The topological polar surface area (TPSA) is 116 Å². The van der Waals surface area contributed by atoms with Gasteiger partial charge in [-0.25, -0.2) is 4.21 Å². The quantitative estimate of drug-likeness (QED) is 0.724. The van der Waals surface area contributed by atoms with Gasteiger partial charge in [-0.05, 0) is 6.07 Å². The van der Waals surface area contributed by atoms with Gasteiger partial charge in [0.2, 0.25) is 12.0 Å². The summed E-state index contributed by atoms with van der Waals surface area (Å²) < 4.78 is 65.4. The van der Waals surface area contributed by atoms with E-state index in [0.717, 1.165) is 42.9 Å². The van der Waals surface area contributed by atoms with Gasteiger partial charge in [0.1, 0.15) is 11.8 Å².